The second kappa shape index (κ2) is 25.1. The molecule has 1 atom stereocenters. The first-order valence-electron chi connectivity index (χ1n) is 15.9. The summed E-state index contributed by atoms with van der Waals surface area (Å²) in [7, 11) is 0. The van der Waals surface area contributed by atoms with E-state index in [1.54, 1.807) is 0 Å². The SMILES string of the molecule is CCCCCCCCCCCCC(CCCCCC)C(N)(CCCCCC)CCCCCC. The fourth-order valence-electron chi connectivity index (χ4n) is 5.71. The first-order valence-corrected chi connectivity index (χ1v) is 15.9. The van der Waals surface area contributed by atoms with Gasteiger partial charge in [0.15, 0.2) is 0 Å². The lowest BCUT2D eigenvalue weighted by atomic mass is 9.72. The molecule has 33 heavy (non-hydrogen) atoms. The summed E-state index contributed by atoms with van der Waals surface area (Å²) in [6, 6.07) is 0. The van der Waals surface area contributed by atoms with Crippen LogP contribution in [0.5, 0.6) is 0 Å². The lowest BCUT2D eigenvalue weighted by Gasteiger charge is -2.39. The van der Waals surface area contributed by atoms with Gasteiger partial charge in [-0.05, 0) is 31.6 Å². The molecular weight excluding hydrogens is 398 g/mol. The average Bonchev–Trinajstić information content (AvgIpc) is 2.82. The standard InChI is InChI=1S/C32H67N/c1-5-9-13-17-18-19-20-21-22-24-28-31(27-23-14-10-6-2)32(33,29-25-15-11-7-3)30-26-16-12-8-4/h31H,5-30,33H2,1-4H3. The predicted molar refractivity (Wildman–Crippen MR) is 153 cm³/mol. The summed E-state index contributed by atoms with van der Waals surface area (Å²) in [6.45, 7) is 9.28. The second-order valence-corrected chi connectivity index (χ2v) is 11.4. The zero-order valence-electron chi connectivity index (χ0n) is 24.0. The molecule has 0 aliphatic rings. The average molecular weight is 466 g/mol. The molecule has 1 heteroatoms. The number of hydrogen-bond acceptors (Lipinski definition) is 1. The van der Waals surface area contributed by atoms with Gasteiger partial charge in [-0.2, -0.15) is 0 Å². The van der Waals surface area contributed by atoms with Crippen LogP contribution in [-0.2, 0) is 0 Å². The molecule has 0 radical (unpaired) electrons. The highest BCUT2D eigenvalue weighted by Gasteiger charge is 2.33. The van der Waals surface area contributed by atoms with E-state index < -0.39 is 0 Å². The quantitative estimate of drug-likeness (QED) is 0.120. The van der Waals surface area contributed by atoms with E-state index in [9.17, 15) is 0 Å². The molecule has 0 aromatic rings. The van der Waals surface area contributed by atoms with Gasteiger partial charge in [0.1, 0.15) is 0 Å². The van der Waals surface area contributed by atoms with Crippen LogP contribution in [0.2, 0.25) is 0 Å². The Morgan fingerprint density at radius 1 is 0.394 bits per heavy atom. The molecule has 0 aliphatic heterocycles. The fraction of sp³-hybridized carbons (Fsp3) is 1.00. The van der Waals surface area contributed by atoms with Crippen molar-refractivity contribution >= 4 is 0 Å². The van der Waals surface area contributed by atoms with Crippen molar-refractivity contribution in [1.29, 1.82) is 0 Å². The summed E-state index contributed by atoms with van der Waals surface area (Å²) in [6.07, 6.45) is 36.1. The Morgan fingerprint density at radius 3 is 1.03 bits per heavy atom. The Morgan fingerprint density at radius 2 is 0.667 bits per heavy atom. The third-order valence-corrected chi connectivity index (χ3v) is 8.12. The number of rotatable bonds is 27. The molecule has 0 saturated heterocycles. The molecule has 0 heterocycles. The van der Waals surface area contributed by atoms with Gasteiger partial charge in [0, 0.05) is 5.54 Å². The first kappa shape index (κ1) is 33.0. The molecule has 0 aromatic heterocycles. The Balaban J connectivity index is 4.62. The van der Waals surface area contributed by atoms with E-state index in [0.29, 0.717) is 0 Å². The van der Waals surface area contributed by atoms with Crippen LogP contribution >= 0.6 is 0 Å². The Kier molecular flexibility index (Phi) is 25.0. The molecule has 2 N–H and O–H groups in total. The van der Waals surface area contributed by atoms with Gasteiger partial charge in [0.25, 0.3) is 0 Å². The van der Waals surface area contributed by atoms with Crippen LogP contribution in [0.4, 0.5) is 0 Å². The van der Waals surface area contributed by atoms with Crippen LogP contribution in [0.1, 0.15) is 195 Å². The summed E-state index contributed by atoms with van der Waals surface area (Å²) < 4.78 is 0. The van der Waals surface area contributed by atoms with Crippen LogP contribution in [0, 0.1) is 5.92 Å². The summed E-state index contributed by atoms with van der Waals surface area (Å²) in [4.78, 5) is 0. The van der Waals surface area contributed by atoms with Gasteiger partial charge in [-0.3, -0.25) is 0 Å². The molecular formula is C32H67N. The molecule has 0 amide bonds. The zero-order chi connectivity index (χ0) is 24.5. The maximum atomic E-state index is 7.34. The molecule has 1 nitrogen and oxygen atoms in total. The predicted octanol–water partition coefficient (Wildman–Crippen LogP) is 11.5. The summed E-state index contributed by atoms with van der Waals surface area (Å²) in [5, 5.41) is 0. The van der Waals surface area contributed by atoms with Crippen molar-refractivity contribution in [1.82, 2.24) is 0 Å². The van der Waals surface area contributed by atoms with E-state index in [0.717, 1.165) is 5.92 Å². The zero-order valence-corrected chi connectivity index (χ0v) is 24.0. The van der Waals surface area contributed by atoms with Gasteiger partial charge in [-0.1, -0.05) is 169 Å². The minimum atomic E-state index is 0.104. The van der Waals surface area contributed by atoms with E-state index in [2.05, 4.69) is 27.7 Å². The van der Waals surface area contributed by atoms with Gasteiger partial charge in [-0.25, -0.2) is 0 Å². The number of unbranched alkanes of at least 4 members (excludes halogenated alkanes) is 18. The first-order chi connectivity index (χ1) is 16.1. The highest BCUT2D eigenvalue weighted by Crippen LogP contribution is 2.35. The van der Waals surface area contributed by atoms with E-state index >= 15 is 0 Å². The highest BCUT2D eigenvalue weighted by atomic mass is 14.8. The third-order valence-electron chi connectivity index (χ3n) is 8.12. The molecule has 0 saturated carbocycles. The maximum absolute atomic E-state index is 7.34. The van der Waals surface area contributed by atoms with E-state index in [-0.39, 0.29) is 5.54 Å². The van der Waals surface area contributed by atoms with Crippen LogP contribution in [0.25, 0.3) is 0 Å². The van der Waals surface area contributed by atoms with Crippen LogP contribution in [-0.4, -0.2) is 5.54 Å². The maximum Gasteiger partial charge on any atom is 0.0182 e. The fourth-order valence-corrected chi connectivity index (χ4v) is 5.71. The highest BCUT2D eigenvalue weighted by molar-refractivity contribution is 4.91. The summed E-state index contributed by atoms with van der Waals surface area (Å²) >= 11 is 0. The van der Waals surface area contributed by atoms with Crippen molar-refractivity contribution in [3.05, 3.63) is 0 Å². The minimum absolute atomic E-state index is 0.104. The molecule has 1 unspecified atom stereocenters. The number of nitrogens with two attached hydrogens (primary N) is 1. The van der Waals surface area contributed by atoms with Crippen LogP contribution < -0.4 is 5.73 Å². The van der Waals surface area contributed by atoms with Crippen LogP contribution in [0.15, 0.2) is 0 Å². The lowest BCUT2D eigenvalue weighted by molar-refractivity contribution is 0.190. The largest absolute Gasteiger partial charge is 0.325 e. The van der Waals surface area contributed by atoms with Gasteiger partial charge in [0.2, 0.25) is 0 Å². The Bertz CT molecular complexity index is 352. The molecule has 0 aliphatic carbocycles. The van der Waals surface area contributed by atoms with Crippen LogP contribution in [0.3, 0.4) is 0 Å². The molecule has 200 valence electrons. The van der Waals surface area contributed by atoms with E-state index in [1.165, 1.54) is 167 Å². The van der Waals surface area contributed by atoms with Crippen molar-refractivity contribution in [2.24, 2.45) is 11.7 Å². The van der Waals surface area contributed by atoms with Gasteiger partial charge in [0.05, 0.1) is 0 Å². The minimum Gasteiger partial charge on any atom is -0.325 e. The molecule has 0 bridgehead atoms. The van der Waals surface area contributed by atoms with E-state index in [1.807, 2.05) is 0 Å². The normalized spacial score (nSPS) is 13.0. The molecule has 0 fully saturated rings. The van der Waals surface area contributed by atoms with Crippen molar-refractivity contribution in [3.63, 3.8) is 0 Å². The van der Waals surface area contributed by atoms with Crippen molar-refractivity contribution in [2.45, 2.75) is 200 Å². The van der Waals surface area contributed by atoms with Gasteiger partial charge < -0.3 is 5.73 Å². The van der Waals surface area contributed by atoms with Gasteiger partial charge >= 0.3 is 0 Å². The summed E-state index contributed by atoms with van der Waals surface area (Å²) in [5.74, 6) is 0.756. The van der Waals surface area contributed by atoms with Gasteiger partial charge in [-0.15, -0.1) is 0 Å². The van der Waals surface area contributed by atoms with Crippen molar-refractivity contribution < 1.29 is 0 Å². The monoisotopic (exact) mass is 466 g/mol. The lowest BCUT2D eigenvalue weighted by Crippen LogP contribution is -2.47. The van der Waals surface area contributed by atoms with Crippen molar-refractivity contribution in [2.75, 3.05) is 0 Å². The molecule has 0 rings (SSSR count). The number of hydrogen-bond donors (Lipinski definition) is 1. The smallest absolute Gasteiger partial charge is 0.0182 e. The third kappa shape index (κ3) is 19.9. The van der Waals surface area contributed by atoms with E-state index in [4.69, 9.17) is 5.73 Å². The van der Waals surface area contributed by atoms with Crippen molar-refractivity contribution in [3.8, 4) is 0 Å². The topological polar surface area (TPSA) is 26.0 Å². The molecule has 0 spiro atoms. The summed E-state index contributed by atoms with van der Waals surface area (Å²) in [5.41, 5.74) is 7.45. The molecule has 0 aromatic carbocycles. The Labute approximate surface area is 211 Å². The second-order valence-electron chi connectivity index (χ2n) is 11.4. The Hall–Kier alpha value is -0.0400.